The van der Waals surface area contributed by atoms with E-state index in [2.05, 4.69) is 10.0 Å². The highest BCUT2D eigenvalue weighted by atomic mass is 32.2. The Morgan fingerprint density at radius 1 is 1.28 bits per heavy atom. The summed E-state index contributed by atoms with van der Waals surface area (Å²) in [5, 5.41) is 11.7. The van der Waals surface area contributed by atoms with Crippen molar-refractivity contribution >= 4 is 27.7 Å². The first-order valence-electron chi connectivity index (χ1n) is 11.2. The Bertz CT molecular complexity index is 1140. The highest BCUT2D eigenvalue weighted by Crippen LogP contribution is 2.34. The van der Waals surface area contributed by atoms with E-state index in [1.165, 1.54) is 11.8 Å². The molecule has 0 radical (unpaired) electrons. The van der Waals surface area contributed by atoms with Crippen molar-refractivity contribution in [3.8, 4) is 0 Å². The molecule has 0 unspecified atom stereocenters. The highest BCUT2D eigenvalue weighted by molar-refractivity contribution is 7.93. The maximum Gasteiger partial charge on any atom is 0.325 e. The van der Waals surface area contributed by atoms with Gasteiger partial charge in [0.05, 0.1) is 25.7 Å². The van der Waals surface area contributed by atoms with E-state index in [4.69, 9.17) is 25.5 Å². The van der Waals surface area contributed by atoms with Crippen molar-refractivity contribution in [2.24, 2.45) is 5.73 Å². The summed E-state index contributed by atoms with van der Waals surface area (Å²) in [5.74, 6) is -1.07. The zero-order valence-electron chi connectivity index (χ0n) is 20.6. The monoisotopic (exact) mass is 524 g/mol. The molecule has 1 saturated heterocycles. The van der Waals surface area contributed by atoms with Crippen LogP contribution in [0.15, 0.2) is 35.1 Å². The summed E-state index contributed by atoms with van der Waals surface area (Å²) < 4.78 is 37.9. The Hall–Kier alpha value is -3.20. The van der Waals surface area contributed by atoms with Crippen LogP contribution in [0.25, 0.3) is 0 Å². The van der Waals surface area contributed by atoms with Crippen LogP contribution in [0.4, 0.5) is 0 Å². The number of sulfonamides is 1. The van der Waals surface area contributed by atoms with Crippen LogP contribution in [0, 0.1) is 5.41 Å². The third-order valence-corrected chi connectivity index (χ3v) is 7.63. The number of nitrogens with two attached hydrogens (primary N) is 1. The van der Waals surface area contributed by atoms with Crippen LogP contribution in [0.1, 0.15) is 36.9 Å². The summed E-state index contributed by atoms with van der Waals surface area (Å²) in [7, 11) is 0.333. The number of nitrogen functional groups attached to an aromatic ring is 1. The molecule has 0 aliphatic carbocycles. The molecule has 14 heteroatoms. The summed E-state index contributed by atoms with van der Waals surface area (Å²) in [5.41, 5.74) is 7.07. The van der Waals surface area contributed by atoms with E-state index in [-0.39, 0.29) is 42.4 Å². The lowest BCUT2D eigenvalue weighted by Crippen LogP contribution is -2.50. The standard InChI is InChI=1S/C22H32N6O7S/c1-13-21(27(2)12-34-13)36(31,32)26-17(22(30)33-4)11-25-19(29)10-16-9-18(28(3)35-16)14-5-7-15(8-6-14)20(23)24/h5-8,16-18,26H,9-12H2,1-4H3,(H3,23,24)(H,25,29)/t16-,17+,18+/m1/s1. The van der Waals surface area contributed by atoms with E-state index in [0.29, 0.717) is 12.0 Å². The van der Waals surface area contributed by atoms with Gasteiger partial charge in [-0.15, -0.1) is 0 Å². The van der Waals surface area contributed by atoms with Gasteiger partial charge in [0.25, 0.3) is 10.0 Å². The first-order valence-corrected chi connectivity index (χ1v) is 12.7. The van der Waals surface area contributed by atoms with Gasteiger partial charge >= 0.3 is 5.97 Å². The van der Waals surface area contributed by atoms with Gasteiger partial charge in [-0.2, -0.15) is 9.79 Å². The Morgan fingerprint density at radius 2 is 1.94 bits per heavy atom. The molecule has 1 aromatic rings. The van der Waals surface area contributed by atoms with E-state index in [1.807, 2.05) is 12.1 Å². The predicted molar refractivity (Wildman–Crippen MR) is 129 cm³/mol. The summed E-state index contributed by atoms with van der Waals surface area (Å²) in [6.45, 7) is 1.27. The van der Waals surface area contributed by atoms with Crippen LogP contribution >= 0.6 is 0 Å². The number of amides is 1. The quantitative estimate of drug-likeness (QED) is 0.181. The Labute approximate surface area is 210 Å². The molecule has 0 bridgehead atoms. The summed E-state index contributed by atoms with van der Waals surface area (Å²) in [4.78, 5) is 32.0. The minimum atomic E-state index is -4.11. The average molecular weight is 525 g/mol. The molecule has 198 valence electrons. The second-order valence-corrected chi connectivity index (χ2v) is 10.2. The molecule has 3 rings (SSSR count). The number of ether oxygens (including phenoxy) is 2. The summed E-state index contributed by atoms with van der Waals surface area (Å²) in [6.07, 6.45) is 0.127. The van der Waals surface area contributed by atoms with Gasteiger partial charge in [0.15, 0.2) is 11.8 Å². The van der Waals surface area contributed by atoms with E-state index in [9.17, 15) is 18.0 Å². The smallest absolute Gasteiger partial charge is 0.325 e. The molecule has 0 spiro atoms. The third-order valence-electron chi connectivity index (χ3n) is 5.92. The molecule has 0 saturated carbocycles. The van der Waals surface area contributed by atoms with Crippen molar-refractivity contribution in [1.82, 2.24) is 20.0 Å². The minimum Gasteiger partial charge on any atom is -0.475 e. The number of hydroxylamine groups is 2. The molecule has 1 amide bonds. The maximum atomic E-state index is 12.8. The van der Waals surface area contributed by atoms with Gasteiger partial charge in [-0.3, -0.25) is 19.8 Å². The fraction of sp³-hybridized carbons (Fsp3) is 0.500. The number of benzene rings is 1. The van der Waals surface area contributed by atoms with Gasteiger partial charge in [0.2, 0.25) is 5.91 Å². The van der Waals surface area contributed by atoms with Gasteiger partial charge in [0, 0.05) is 26.2 Å². The number of esters is 1. The maximum absolute atomic E-state index is 12.8. The van der Waals surface area contributed by atoms with Gasteiger partial charge in [-0.25, -0.2) is 8.42 Å². The normalized spacial score (nSPS) is 21.3. The van der Waals surface area contributed by atoms with Gasteiger partial charge < -0.3 is 25.4 Å². The van der Waals surface area contributed by atoms with Crippen LogP contribution in [0.2, 0.25) is 0 Å². The largest absolute Gasteiger partial charge is 0.475 e. The highest BCUT2D eigenvalue weighted by Gasteiger charge is 2.36. The lowest BCUT2D eigenvalue weighted by atomic mass is 9.99. The topological polar surface area (TPSA) is 176 Å². The number of methoxy groups -OCH3 is 1. The second kappa shape index (κ2) is 11.2. The van der Waals surface area contributed by atoms with Crippen LogP contribution < -0.4 is 15.8 Å². The van der Waals surface area contributed by atoms with Crippen molar-refractivity contribution in [1.29, 1.82) is 5.41 Å². The number of nitrogens with zero attached hydrogens (tertiary/aromatic N) is 2. The molecule has 2 heterocycles. The Kier molecular flexibility index (Phi) is 8.55. The van der Waals surface area contributed by atoms with Crippen molar-refractivity contribution in [3.05, 3.63) is 46.2 Å². The summed E-state index contributed by atoms with van der Waals surface area (Å²) >= 11 is 0. The van der Waals surface area contributed by atoms with Crippen molar-refractivity contribution in [2.75, 3.05) is 34.5 Å². The molecular weight excluding hydrogens is 492 g/mol. The average Bonchev–Trinajstić information content (AvgIpc) is 3.36. The van der Waals surface area contributed by atoms with E-state index < -0.39 is 34.0 Å². The van der Waals surface area contributed by atoms with Crippen molar-refractivity contribution in [3.63, 3.8) is 0 Å². The first-order chi connectivity index (χ1) is 16.9. The molecule has 13 nitrogen and oxygen atoms in total. The molecular formula is C22H32N6O7S. The van der Waals surface area contributed by atoms with E-state index in [1.54, 1.807) is 31.3 Å². The summed E-state index contributed by atoms with van der Waals surface area (Å²) in [6, 6.07) is 5.80. The number of amidine groups is 1. The number of nitrogens with one attached hydrogen (secondary N) is 3. The molecule has 2 aliphatic rings. The second-order valence-electron chi connectivity index (χ2n) is 8.60. The third kappa shape index (κ3) is 6.32. The zero-order chi connectivity index (χ0) is 26.6. The molecule has 0 aromatic heterocycles. The van der Waals surface area contributed by atoms with Crippen LogP contribution in [0.5, 0.6) is 0 Å². The zero-order valence-corrected chi connectivity index (χ0v) is 21.4. The fourth-order valence-electron chi connectivity index (χ4n) is 4.13. The molecule has 5 N–H and O–H groups in total. The first kappa shape index (κ1) is 27.4. The molecule has 36 heavy (non-hydrogen) atoms. The molecule has 3 atom stereocenters. The Morgan fingerprint density at radius 3 is 2.50 bits per heavy atom. The van der Waals surface area contributed by atoms with E-state index >= 15 is 0 Å². The number of rotatable bonds is 10. The minimum absolute atomic E-state index is 0.00779. The fourth-order valence-corrected chi connectivity index (χ4v) is 5.70. The predicted octanol–water partition coefficient (Wildman–Crippen LogP) is -0.277. The number of hydrogen-bond donors (Lipinski definition) is 4. The van der Waals surface area contributed by atoms with Crippen molar-refractivity contribution in [2.45, 2.75) is 38.0 Å². The lowest BCUT2D eigenvalue weighted by Gasteiger charge is -2.20. The van der Waals surface area contributed by atoms with Crippen LogP contribution in [0.3, 0.4) is 0 Å². The number of hydrogen-bond acceptors (Lipinski definition) is 10. The van der Waals surface area contributed by atoms with Gasteiger partial charge in [-0.1, -0.05) is 24.3 Å². The molecule has 1 aromatic carbocycles. The van der Waals surface area contributed by atoms with Crippen LogP contribution in [-0.2, 0) is 33.9 Å². The SMILES string of the molecule is COC(=O)[C@H](CNC(=O)C[C@H]1C[C@@H](c2ccc(C(=N)N)cc2)N(C)O1)NS(=O)(=O)C1=C(C)OCN1C. The van der Waals surface area contributed by atoms with Crippen LogP contribution in [-0.4, -0.2) is 82.7 Å². The molecule has 1 fully saturated rings. The number of carbonyl (C=O) groups is 2. The van der Waals surface area contributed by atoms with E-state index in [0.717, 1.165) is 12.7 Å². The van der Waals surface area contributed by atoms with Gasteiger partial charge in [-0.05, 0) is 18.9 Å². The van der Waals surface area contributed by atoms with Crippen molar-refractivity contribution < 1.29 is 32.3 Å². The van der Waals surface area contributed by atoms with Gasteiger partial charge in [0.1, 0.15) is 17.6 Å². The molecule has 2 aliphatic heterocycles. The number of carbonyl (C=O) groups excluding carboxylic acids is 2. The Balaban J connectivity index is 1.58. The number of allylic oxidation sites excluding steroid dienone is 1. The lowest BCUT2D eigenvalue weighted by molar-refractivity contribution is -0.152.